The Balaban J connectivity index is 0. The third-order valence-corrected chi connectivity index (χ3v) is 353. The summed E-state index contributed by atoms with van der Waals surface area (Å²) < 4.78 is -2.66. The van der Waals surface area contributed by atoms with E-state index in [4.69, 9.17) is 414 Å². The van der Waals surface area contributed by atoms with Gasteiger partial charge in [0.25, 0.3) is 0 Å². The Labute approximate surface area is 630 Å². The number of hydrogen-bond donors (Lipinski definition) is 0. The molecule has 69 heavy (non-hydrogen) atoms. The number of ketones is 2. The molecular weight excluding hydrogens is 2080 g/mol. The minimum absolute atomic E-state index is 0. The maximum atomic E-state index is 10.9. The van der Waals surface area contributed by atoms with E-state index < -0.39 is 91.9 Å². The van der Waals surface area contributed by atoms with Crippen LogP contribution >= 0.6 is 21.2 Å². The van der Waals surface area contributed by atoms with Crippen LogP contribution in [0.3, 0.4) is 0 Å². The van der Waals surface area contributed by atoms with Crippen LogP contribution in [0.4, 0.5) is 0 Å². The molecule has 0 aliphatic heterocycles. The molecule has 0 aromatic rings. The fraction of sp³-hybridized carbons (Fsp3) is 0.200. The van der Waals surface area contributed by atoms with Crippen LogP contribution in [0.25, 0.3) is 0 Å². The third-order valence-electron chi connectivity index (χ3n) is 5.76. The van der Waals surface area contributed by atoms with E-state index in [2.05, 4.69) is 0 Å². The summed E-state index contributed by atoms with van der Waals surface area (Å²) in [5.41, 5.74) is 0. The molecule has 0 fully saturated rings. The summed E-state index contributed by atoms with van der Waals surface area (Å²) in [6, 6.07) is 0. The Hall–Kier alpha value is 15.5. The fourth-order valence-electron chi connectivity index (χ4n) is 2.50. The van der Waals surface area contributed by atoms with Crippen molar-refractivity contribution < 1.29 is 61.0 Å². The van der Waals surface area contributed by atoms with Gasteiger partial charge in [-0.15, -0.1) is 5.21 Å². The van der Waals surface area contributed by atoms with E-state index in [1.165, 1.54) is 12.2 Å². The molecule has 0 amide bonds. The molecule has 0 unspecified atom stereocenters. The molecule has 0 N–H and O–H groups in total. The van der Waals surface area contributed by atoms with Gasteiger partial charge in [-0.2, -0.15) is 0 Å². The molecular formula is C10H10IKO2S55. The van der Waals surface area contributed by atoms with Crippen molar-refractivity contribution in [3.63, 3.8) is 0 Å². The first kappa shape index (κ1) is 86.6. The molecule has 0 spiro atoms. The van der Waals surface area contributed by atoms with Gasteiger partial charge in [-0.1, -0.05) is 46.7 Å². The van der Waals surface area contributed by atoms with Crippen molar-refractivity contribution in [2.45, 2.75) is 12.8 Å². The van der Waals surface area contributed by atoms with Crippen molar-refractivity contribution in [1.82, 2.24) is 0 Å². The normalized spacial score (nSPS) is 18.2. The third kappa shape index (κ3) is 16.7. The minimum Gasteiger partial charge on any atom is -0.694 e. The van der Waals surface area contributed by atoms with Crippen LogP contribution in [0.15, 0.2) is 36.5 Å². The Morgan fingerprint density at radius 2 is 0.435 bits per heavy atom. The number of hydrogen-bond acceptors (Lipinski definition) is 39. The molecule has 0 atom stereocenters. The van der Waals surface area contributed by atoms with Crippen LogP contribution < -0.4 is 51.4 Å². The number of rotatable bonds is 17. The van der Waals surface area contributed by atoms with Gasteiger partial charge < -0.3 is 11.7 Å². The average molecular weight is 2090 g/mol. The molecule has 0 saturated carbocycles. The van der Waals surface area contributed by atoms with Crippen molar-refractivity contribution in [3.8, 4) is 0 Å². The number of allylic oxidation sites excluding steroid dienone is 6. The molecule has 0 aromatic heterocycles. The van der Waals surface area contributed by atoms with E-state index in [0.29, 0.717) is 12.8 Å². The summed E-state index contributed by atoms with van der Waals surface area (Å²) in [4.78, 5) is 21.9. The monoisotopic (exact) mass is 2090 g/mol. The first-order chi connectivity index (χ1) is 29.0. The second kappa shape index (κ2) is 30.1. The first-order valence-electron chi connectivity index (χ1n) is 13.0. The van der Waals surface area contributed by atoms with Crippen LogP contribution in [0.2, 0.25) is 0 Å². The maximum Gasteiger partial charge on any atom is 1.00 e. The molecule has 59 heteroatoms. The van der Waals surface area contributed by atoms with Gasteiger partial charge in [0.05, 0.1) is 0 Å². The molecule has 2 nitrogen and oxygen atoms in total. The summed E-state index contributed by atoms with van der Waals surface area (Å²) in [6.45, 7) is 0. The predicted octanol–water partition coefficient (Wildman–Crippen LogP) is -0.655. The molecule has 0 saturated heterocycles. The summed E-state index contributed by atoms with van der Waals surface area (Å²) in [6.07, 6.45) is 10.4. The number of carbonyl (C=O) groups is 2. The Morgan fingerprint density at radius 3 is 0.580 bits per heavy atom. The van der Waals surface area contributed by atoms with Crippen LogP contribution in [0.1, 0.15) is 12.8 Å². The average Bonchev–Trinajstić information content (AvgIpc) is 3.13. The van der Waals surface area contributed by atoms with Crippen LogP contribution in [0.5, 0.6) is 0 Å². The molecule has 1 aliphatic carbocycles. The van der Waals surface area contributed by atoms with Crippen molar-refractivity contribution >= 4 is 539 Å². The zero-order valence-corrected chi connectivity index (χ0v) is 80.7. The van der Waals surface area contributed by atoms with E-state index in [1.807, 2.05) is 0 Å². The first-order valence-corrected chi connectivity index (χ1v) is 88.0. The number of carbonyl (C=O) groups excluding carboxylic acids is 2. The van der Waals surface area contributed by atoms with Gasteiger partial charge >= 0.3 is 51.4 Å². The van der Waals surface area contributed by atoms with Gasteiger partial charge in [-0.05, 0) is 393 Å². The van der Waals surface area contributed by atoms with Crippen LogP contribution in [-0.2, 0) is 516 Å². The van der Waals surface area contributed by atoms with Crippen molar-refractivity contribution in [1.29, 1.82) is 0 Å². The van der Waals surface area contributed by atoms with Crippen molar-refractivity contribution in [2.75, 3.05) is 0 Å². The van der Waals surface area contributed by atoms with E-state index in [0.717, 1.165) is 0 Å². The van der Waals surface area contributed by atoms with Crippen LogP contribution in [0, 0.1) is 0 Å². The summed E-state index contributed by atoms with van der Waals surface area (Å²) in [5, 5.41) is -61.0. The van der Waals surface area contributed by atoms with Gasteiger partial charge in [-0.25, -0.2) is 0 Å². The Morgan fingerprint density at radius 1 is 0.290 bits per heavy atom. The summed E-state index contributed by atoms with van der Waals surface area (Å²) in [7, 11) is 0. The Bertz CT molecular complexity index is 4200. The molecule has 1 rings (SSSR count). The van der Waals surface area contributed by atoms with E-state index in [9.17, 15) is 9.59 Å². The standard InChI is InChI=1S/C10H10O2.HIS55.K/c11-9-5-3-1-2-4-6-10(12)8-7-9;1-39(2,3)41(7,8)43(11,12)45(15,16)47(19,20)49(23,24)51(27,28)53(31,32)55(35,36)56(37,38)54(33,34)52(29,30)50(25,26)48(21,22)46(17,18)44(13,14)42(9,10)40(4,5)6;/h1-6H,7-8H2;(H,4,5,6);/q;;+1/p-1/b2-1-,5-3+,6-4+;;. The number of halogens is 1. The van der Waals surface area contributed by atoms with Crippen LogP contribution in [-0.4, -0.2) is 11.6 Å². The summed E-state index contributed by atoms with van der Waals surface area (Å²) >= 11 is 218. The van der Waals surface area contributed by atoms with Gasteiger partial charge in [-0.3, -0.25) is 9.59 Å². The minimum atomic E-state index is -3.84. The molecule has 0 radical (unpaired) electrons. The van der Waals surface area contributed by atoms with E-state index in [1.54, 1.807) is 45.5 Å². The zero-order chi connectivity index (χ0) is 55.8. The molecule has 0 bridgehead atoms. The molecule has 1 aliphatic rings. The van der Waals surface area contributed by atoms with Gasteiger partial charge in [0.15, 0.2) is 11.6 Å². The van der Waals surface area contributed by atoms with Gasteiger partial charge in [0.2, 0.25) is 0 Å². The molecule has 0 aromatic carbocycles. The second-order valence-corrected chi connectivity index (χ2v) is 207. The predicted molar refractivity (Wildman–Crippen MR) is 466 cm³/mol. The second-order valence-electron chi connectivity index (χ2n) is 9.87. The maximum absolute atomic E-state index is 10.9. The topological polar surface area (TPSA) is 34.1 Å². The quantitative estimate of drug-likeness (QED) is 0.0609. The molecule has 400 valence electrons. The van der Waals surface area contributed by atoms with Gasteiger partial charge in [0, 0.05) is 121 Å². The Kier molecular flexibility index (Phi) is 37.7. The van der Waals surface area contributed by atoms with E-state index >= 15 is 0 Å². The van der Waals surface area contributed by atoms with Gasteiger partial charge in [0.1, 0.15) is 0 Å². The fourth-order valence-corrected chi connectivity index (χ4v) is 407. The van der Waals surface area contributed by atoms with E-state index in [-0.39, 0.29) is 63.0 Å². The molecule has 0 heterocycles. The van der Waals surface area contributed by atoms with Crippen molar-refractivity contribution in [3.05, 3.63) is 36.5 Å². The smallest absolute Gasteiger partial charge is 0.694 e. The largest absolute Gasteiger partial charge is 1.00 e. The SMILES string of the molecule is O=C1/C=C/C=C\C=C\C(=O)CC1.S=S(=S)([S-])S(=S)(=S)S(=S)(=S)S(=S)(=S)S(=S)(=S)S(=S)(=S)S(=S)(=S)S(=S)(=S)S(=S)(=S)S(=S)(=S)S(=S)(=S)S(=S)(=S)S(=S)(=S)S(=S)(=S)S(=S)(=S)S(=S)(=S)S(=S)(=S)S(=S)(=S)I.[K+]. The summed E-state index contributed by atoms with van der Waals surface area (Å²) in [5.74, 6) is 0.00611. The van der Waals surface area contributed by atoms with Crippen molar-refractivity contribution in [2.24, 2.45) is 0 Å². The zero-order valence-electron chi connectivity index (χ0n) is 30.5.